The molecule has 0 aromatic carbocycles. The fraction of sp³-hybridized carbons (Fsp3) is 0.333. The summed E-state index contributed by atoms with van der Waals surface area (Å²) < 4.78 is 0. The van der Waals surface area contributed by atoms with Gasteiger partial charge in [0.1, 0.15) is 0 Å². The maximum Gasteiger partial charge on any atom is 0.206 e. The molecule has 10 heavy (non-hydrogen) atoms. The van der Waals surface area contributed by atoms with Gasteiger partial charge >= 0.3 is 0 Å². The molecule has 0 fully saturated rings. The van der Waals surface area contributed by atoms with Crippen molar-refractivity contribution in [2.24, 2.45) is 4.99 Å². The van der Waals surface area contributed by atoms with E-state index in [9.17, 15) is 4.79 Å². The van der Waals surface area contributed by atoms with Crippen molar-refractivity contribution in [3.63, 3.8) is 0 Å². The SMILES string of the molecule is CN1C=CN=CC1(Cl)C=O. The average Bonchev–Trinajstić information content (AvgIpc) is 1.96. The lowest BCUT2D eigenvalue weighted by Gasteiger charge is -2.28. The topological polar surface area (TPSA) is 32.7 Å². The Labute approximate surface area is 64.0 Å². The Balaban J connectivity index is 2.87. The second-order valence-corrected chi connectivity index (χ2v) is 2.64. The molecule has 1 rings (SSSR count). The number of halogens is 1. The molecule has 3 nitrogen and oxygen atoms in total. The number of likely N-dealkylation sites (N-methyl/N-ethyl adjacent to an activating group) is 1. The summed E-state index contributed by atoms with van der Waals surface area (Å²) in [5, 5.41) is 0. The molecule has 0 bridgehead atoms. The van der Waals surface area contributed by atoms with Crippen molar-refractivity contribution in [2.45, 2.75) is 5.00 Å². The van der Waals surface area contributed by atoms with Crippen LogP contribution >= 0.6 is 11.6 Å². The third-order valence-corrected chi connectivity index (χ3v) is 1.79. The molecule has 0 radical (unpaired) electrons. The van der Waals surface area contributed by atoms with E-state index in [2.05, 4.69) is 4.99 Å². The van der Waals surface area contributed by atoms with E-state index in [1.54, 1.807) is 24.3 Å². The summed E-state index contributed by atoms with van der Waals surface area (Å²) in [4.78, 5) is 14.6. The summed E-state index contributed by atoms with van der Waals surface area (Å²) in [5.74, 6) is 0. The second kappa shape index (κ2) is 2.42. The van der Waals surface area contributed by atoms with Gasteiger partial charge in [0.2, 0.25) is 5.00 Å². The Kier molecular flexibility index (Phi) is 1.76. The van der Waals surface area contributed by atoms with Crippen LogP contribution in [0.25, 0.3) is 0 Å². The van der Waals surface area contributed by atoms with Gasteiger partial charge in [-0.25, -0.2) is 0 Å². The molecular weight excluding hydrogens is 152 g/mol. The number of aliphatic imine (C=N–C) groups is 1. The van der Waals surface area contributed by atoms with Crippen LogP contribution in [-0.4, -0.2) is 29.4 Å². The lowest BCUT2D eigenvalue weighted by molar-refractivity contribution is -0.110. The molecule has 1 aliphatic rings. The van der Waals surface area contributed by atoms with E-state index in [1.807, 2.05) is 0 Å². The van der Waals surface area contributed by atoms with Crippen LogP contribution in [-0.2, 0) is 4.79 Å². The fourth-order valence-corrected chi connectivity index (χ4v) is 0.718. The first-order chi connectivity index (χ1) is 4.69. The zero-order valence-corrected chi connectivity index (χ0v) is 6.25. The standard InChI is InChI=1S/C6H7ClN2O/c1-9-3-2-8-4-6(9,7)5-10/h2-5H,1H3. The van der Waals surface area contributed by atoms with Gasteiger partial charge < -0.3 is 4.90 Å². The quantitative estimate of drug-likeness (QED) is 0.318. The second-order valence-electron chi connectivity index (χ2n) is 2.03. The molecule has 1 atom stereocenters. The van der Waals surface area contributed by atoms with E-state index in [-0.39, 0.29) is 0 Å². The largest absolute Gasteiger partial charge is 0.350 e. The molecule has 0 spiro atoms. The van der Waals surface area contributed by atoms with Gasteiger partial charge in [0.15, 0.2) is 6.29 Å². The smallest absolute Gasteiger partial charge is 0.206 e. The minimum atomic E-state index is -1.07. The van der Waals surface area contributed by atoms with Crippen molar-refractivity contribution in [3.05, 3.63) is 12.4 Å². The third-order valence-electron chi connectivity index (χ3n) is 1.34. The van der Waals surface area contributed by atoms with Crippen molar-refractivity contribution in [3.8, 4) is 0 Å². The molecule has 0 aromatic rings. The molecule has 1 aliphatic heterocycles. The van der Waals surface area contributed by atoms with E-state index in [0.29, 0.717) is 6.29 Å². The Morgan fingerprint density at radius 1 is 1.80 bits per heavy atom. The van der Waals surface area contributed by atoms with E-state index in [4.69, 9.17) is 11.6 Å². The van der Waals surface area contributed by atoms with Gasteiger partial charge in [-0.1, -0.05) is 11.6 Å². The predicted octanol–water partition coefficient (Wildman–Crippen LogP) is 0.608. The predicted molar refractivity (Wildman–Crippen MR) is 40.0 cm³/mol. The number of aldehydes is 1. The number of hydrogen-bond donors (Lipinski definition) is 0. The van der Waals surface area contributed by atoms with Crippen LogP contribution in [0.2, 0.25) is 0 Å². The van der Waals surface area contributed by atoms with Crippen LogP contribution < -0.4 is 0 Å². The molecular formula is C6H7ClN2O. The Morgan fingerprint density at radius 3 is 2.90 bits per heavy atom. The van der Waals surface area contributed by atoms with Gasteiger partial charge in [-0.3, -0.25) is 9.79 Å². The molecule has 4 heteroatoms. The van der Waals surface area contributed by atoms with Gasteiger partial charge in [0.05, 0.1) is 6.21 Å². The fourth-order valence-electron chi connectivity index (χ4n) is 0.605. The zero-order chi connectivity index (χ0) is 7.61. The molecule has 0 N–H and O–H groups in total. The minimum absolute atomic E-state index is 0.640. The van der Waals surface area contributed by atoms with E-state index in [1.165, 1.54) is 6.21 Å². The normalized spacial score (nSPS) is 30.8. The summed E-state index contributed by atoms with van der Waals surface area (Å²) in [6.07, 6.45) is 5.24. The van der Waals surface area contributed by atoms with Crippen LogP contribution in [0.1, 0.15) is 0 Å². The van der Waals surface area contributed by atoms with Gasteiger partial charge in [-0.15, -0.1) is 0 Å². The Morgan fingerprint density at radius 2 is 2.50 bits per heavy atom. The first-order valence-electron chi connectivity index (χ1n) is 2.78. The molecule has 0 amide bonds. The number of nitrogens with zero attached hydrogens (tertiary/aromatic N) is 2. The Hall–Kier alpha value is -0.830. The highest BCUT2D eigenvalue weighted by Gasteiger charge is 2.28. The van der Waals surface area contributed by atoms with E-state index in [0.717, 1.165) is 0 Å². The molecule has 0 aromatic heterocycles. The molecule has 0 saturated carbocycles. The van der Waals surface area contributed by atoms with Gasteiger partial charge in [0, 0.05) is 19.4 Å². The highest BCUT2D eigenvalue weighted by Crippen LogP contribution is 2.17. The molecule has 1 unspecified atom stereocenters. The number of hydrogen-bond acceptors (Lipinski definition) is 3. The maximum atomic E-state index is 10.4. The first kappa shape index (κ1) is 7.28. The Bertz CT molecular complexity index is 202. The molecule has 1 heterocycles. The van der Waals surface area contributed by atoms with Crippen molar-refractivity contribution in [2.75, 3.05) is 7.05 Å². The van der Waals surface area contributed by atoms with Crippen LogP contribution in [0.15, 0.2) is 17.4 Å². The van der Waals surface area contributed by atoms with Crippen LogP contribution in [0.4, 0.5) is 0 Å². The molecule has 0 saturated heterocycles. The van der Waals surface area contributed by atoms with Crippen molar-refractivity contribution in [1.29, 1.82) is 0 Å². The van der Waals surface area contributed by atoms with Crippen LogP contribution in [0.5, 0.6) is 0 Å². The van der Waals surface area contributed by atoms with Crippen LogP contribution in [0, 0.1) is 0 Å². The van der Waals surface area contributed by atoms with Crippen molar-refractivity contribution < 1.29 is 4.79 Å². The average molecular weight is 159 g/mol. The lowest BCUT2D eigenvalue weighted by atomic mass is 10.3. The highest BCUT2D eigenvalue weighted by molar-refractivity contribution is 6.40. The number of carbonyl (C=O) groups is 1. The number of carbonyl (C=O) groups excluding carboxylic acids is 1. The zero-order valence-electron chi connectivity index (χ0n) is 5.49. The molecule has 0 aliphatic carbocycles. The van der Waals surface area contributed by atoms with Gasteiger partial charge in [-0.2, -0.15) is 0 Å². The third kappa shape index (κ3) is 1.04. The van der Waals surface area contributed by atoms with Crippen LogP contribution in [0.3, 0.4) is 0 Å². The van der Waals surface area contributed by atoms with Crippen molar-refractivity contribution >= 4 is 24.1 Å². The summed E-state index contributed by atoms with van der Waals surface area (Å²) in [6.45, 7) is 0. The highest BCUT2D eigenvalue weighted by atomic mass is 35.5. The monoisotopic (exact) mass is 158 g/mol. The van der Waals surface area contributed by atoms with Gasteiger partial charge in [0.25, 0.3) is 0 Å². The first-order valence-corrected chi connectivity index (χ1v) is 3.16. The minimum Gasteiger partial charge on any atom is -0.350 e. The van der Waals surface area contributed by atoms with Crippen molar-refractivity contribution in [1.82, 2.24) is 4.90 Å². The summed E-state index contributed by atoms with van der Waals surface area (Å²) in [6, 6.07) is 0. The molecule has 54 valence electrons. The van der Waals surface area contributed by atoms with E-state index < -0.39 is 5.00 Å². The number of rotatable bonds is 1. The van der Waals surface area contributed by atoms with E-state index >= 15 is 0 Å². The van der Waals surface area contributed by atoms with Gasteiger partial charge in [-0.05, 0) is 0 Å². The maximum absolute atomic E-state index is 10.4. The lowest BCUT2D eigenvalue weighted by Crippen LogP contribution is -2.42. The number of alkyl halides is 1. The summed E-state index contributed by atoms with van der Waals surface area (Å²) in [7, 11) is 1.71. The summed E-state index contributed by atoms with van der Waals surface area (Å²) in [5.41, 5.74) is 0. The summed E-state index contributed by atoms with van der Waals surface area (Å²) >= 11 is 5.77.